The fraction of sp³-hybridized carbons (Fsp3) is 1.00. The summed E-state index contributed by atoms with van der Waals surface area (Å²) in [5, 5.41) is 0. The van der Waals surface area contributed by atoms with E-state index in [0.29, 0.717) is 35.0 Å². The normalized spacial score (nSPS) is 49.8. The van der Waals surface area contributed by atoms with Crippen molar-refractivity contribution in [3.8, 4) is 0 Å². The van der Waals surface area contributed by atoms with Crippen LogP contribution in [-0.4, -0.2) is 6.18 Å². The van der Waals surface area contributed by atoms with Gasteiger partial charge in [-0.2, -0.15) is 13.2 Å². The average molecular weight is 507 g/mol. The van der Waals surface area contributed by atoms with Gasteiger partial charge in [0.05, 0.1) is 5.92 Å². The van der Waals surface area contributed by atoms with Crippen molar-refractivity contribution in [2.45, 2.75) is 143 Å². The van der Waals surface area contributed by atoms with Gasteiger partial charge in [-0.1, -0.05) is 33.6 Å². The maximum atomic E-state index is 13.7. The molecule has 0 spiro atoms. The maximum absolute atomic E-state index is 13.7. The van der Waals surface area contributed by atoms with Gasteiger partial charge in [-0.15, -0.1) is 0 Å². The van der Waals surface area contributed by atoms with E-state index in [1.807, 2.05) is 0 Å². The van der Waals surface area contributed by atoms with Gasteiger partial charge < -0.3 is 0 Å². The second-order valence-electron chi connectivity index (χ2n) is 16.2. The predicted octanol–water partition coefficient (Wildman–Crippen LogP) is 10.6. The maximum Gasteiger partial charge on any atom is 0.391 e. The van der Waals surface area contributed by atoms with Gasteiger partial charge in [-0.25, -0.2) is 0 Å². The Morgan fingerprint density at radius 3 is 1.64 bits per heavy atom. The highest BCUT2D eigenvalue weighted by molar-refractivity contribution is 5.15. The molecule has 206 valence electrons. The molecule has 2 unspecified atom stereocenters. The minimum Gasteiger partial charge on any atom is -0.171 e. The lowest BCUT2D eigenvalue weighted by Crippen LogP contribution is -2.62. The van der Waals surface area contributed by atoms with Crippen LogP contribution in [0.4, 0.5) is 13.2 Å². The number of halogens is 3. The monoisotopic (exact) mass is 506 g/mol. The van der Waals surface area contributed by atoms with Gasteiger partial charge in [0.15, 0.2) is 0 Å². The minimum atomic E-state index is -3.99. The molecular weight excluding hydrogens is 453 g/mol. The summed E-state index contributed by atoms with van der Waals surface area (Å²) in [7, 11) is 0. The van der Waals surface area contributed by atoms with Crippen LogP contribution in [0.15, 0.2) is 0 Å². The van der Waals surface area contributed by atoms with E-state index >= 15 is 0 Å². The topological polar surface area (TPSA) is 0 Å². The van der Waals surface area contributed by atoms with Crippen LogP contribution in [0, 0.1) is 63.6 Å². The Balaban J connectivity index is 1.34. The second kappa shape index (κ2) is 9.18. The van der Waals surface area contributed by atoms with Crippen molar-refractivity contribution in [3.63, 3.8) is 0 Å². The average Bonchev–Trinajstić information content (AvgIpc) is 2.82. The van der Waals surface area contributed by atoms with Crippen molar-refractivity contribution in [2.75, 3.05) is 0 Å². The van der Waals surface area contributed by atoms with E-state index in [-0.39, 0.29) is 0 Å². The van der Waals surface area contributed by atoms with Gasteiger partial charge in [-0.05, 0) is 160 Å². The minimum absolute atomic E-state index is 0.344. The molecule has 0 nitrogen and oxygen atoms in total. The Labute approximate surface area is 219 Å². The zero-order valence-electron chi connectivity index (χ0n) is 23.5. The van der Waals surface area contributed by atoms with E-state index in [2.05, 4.69) is 20.8 Å². The van der Waals surface area contributed by atoms with Gasteiger partial charge >= 0.3 is 6.18 Å². The van der Waals surface area contributed by atoms with Crippen molar-refractivity contribution in [3.05, 3.63) is 0 Å². The van der Waals surface area contributed by atoms with E-state index in [1.54, 1.807) is 0 Å². The van der Waals surface area contributed by atoms with Crippen LogP contribution < -0.4 is 0 Å². The summed E-state index contributed by atoms with van der Waals surface area (Å²) in [5.41, 5.74) is 1.21. The standard InChI is InChI=1S/C33H53F3/c1-30(2,3)26-9-7-25(8-10-26)29-6-4-5-15-32(29,27-11-13-28(14-12-27)33(34,35)36)31-19-22-16-23(20-31)18-24(17-22)21-31/h22-29H,4-21H2,1-3H3. The summed E-state index contributed by atoms with van der Waals surface area (Å²) >= 11 is 0. The SMILES string of the molecule is CC(C)(C)C1CCC(C2CCCCC2(C2CCC(C(F)(F)F)CC2)C23CC4CC(CC(C4)C2)C3)CC1. The third-order valence-corrected chi connectivity index (χ3v) is 13.5. The van der Waals surface area contributed by atoms with Gasteiger partial charge in [0.1, 0.15) is 0 Å². The van der Waals surface area contributed by atoms with Gasteiger partial charge in [0.2, 0.25) is 0 Å². The molecule has 0 radical (unpaired) electrons. The van der Waals surface area contributed by atoms with E-state index in [9.17, 15) is 13.2 Å². The second-order valence-corrected chi connectivity index (χ2v) is 16.2. The molecule has 0 aromatic carbocycles. The lowest BCUT2D eigenvalue weighted by Gasteiger charge is -2.70. The molecule has 3 heteroatoms. The molecule has 2 atom stereocenters. The van der Waals surface area contributed by atoms with Crippen molar-refractivity contribution >= 4 is 0 Å². The highest BCUT2D eigenvalue weighted by atomic mass is 19.4. The molecule has 7 aliphatic carbocycles. The van der Waals surface area contributed by atoms with Crippen LogP contribution >= 0.6 is 0 Å². The quantitative estimate of drug-likeness (QED) is 0.357. The molecule has 36 heavy (non-hydrogen) atoms. The van der Waals surface area contributed by atoms with Crippen molar-refractivity contribution in [1.29, 1.82) is 0 Å². The largest absolute Gasteiger partial charge is 0.391 e. The Bertz CT molecular complexity index is 738. The number of alkyl halides is 3. The van der Waals surface area contributed by atoms with E-state index in [1.165, 1.54) is 89.9 Å². The van der Waals surface area contributed by atoms with E-state index in [0.717, 1.165) is 48.3 Å². The lowest BCUT2D eigenvalue weighted by atomic mass is 9.34. The Hall–Kier alpha value is -0.210. The van der Waals surface area contributed by atoms with Crippen LogP contribution in [0.2, 0.25) is 0 Å². The molecule has 7 rings (SSSR count). The summed E-state index contributed by atoms with van der Waals surface area (Å²) in [5.74, 6) is 4.77. The van der Waals surface area contributed by atoms with Crippen LogP contribution in [0.3, 0.4) is 0 Å². The Morgan fingerprint density at radius 2 is 1.14 bits per heavy atom. The van der Waals surface area contributed by atoms with Crippen molar-refractivity contribution in [1.82, 2.24) is 0 Å². The zero-order valence-corrected chi connectivity index (χ0v) is 23.5. The third-order valence-electron chi connectivity index (χ3n) is 13.5. The van der Waals surface area contributed by atoms with Crippen LogP contribution in [0.25, 0.3) is 0 Å². The first-order valence-corrected chi connectivity index (χ1v) is 16.1. The molecule has 7 aliphatic rings. The molecule has 0 heterocycles. The highest BCUT2D eigenvalue weighted by Crippen LogP contribution is 2.74. The first kappa shape index (κ1) is 26.0. The van der Waals surface area contributed by atoms with E-state index in [4.69, 9.17) is 0 Å². The molecular formula is C33H53F3. The molecule has 0 amide bonds. The number of hydrogen-bond donors (Lipinski definition) is 0. The van der Waals surface area contributed by atoms with Crippen molar-refractivity contribution < 1.29 is 13.2 Å². The molecule has 4 bridgehead atoms. The molecule has 0 aromatic rings. The first-order chi connectivity index (χ1) is 17.0. The zero-order chi connectivity index (χ0) is 25.3. The summed E-state index contributed by atoms with van der Waals surface area (Å²) in [6.45, 7) is 7.28. The van der Waals surface area contributed by atoms with Gasteiger partial charge in [0.25, 0.3) is 0 Å². The molecule has 7 fully saturated rings. The summed E-state index contributed by atoms with van der Waals surface area (Å²) < 4.78 is 41.2. The fourth-order valence-electron chi connectivity index (χ4n) is 12.5. The first-order valence-electron chi connectivity index (χ1n) is 16.1. The van der Waals surface area contributed by atoms with E-state index < -0.39 is 12.1 Å². The Kier molecular flexibility index (Phi) is 6.64. The summed E-state index contributed by atoms with van der Waals surface area (Å²) in [6.07, 6.45) is 18.2. The number of rotatable bonds is 3. The predicted molar refractivity (Wildman–Crippen MR) is 141 cm³/mol. The van der Waals surface area contributed by atoms with Gasteiger partial charge in [0, 0.05) is 0 Å². The highest BCUT2D eigenvalue weighted by Gasteiger charge is 2.66. The van der Waals surface area contributed by atoms with Crippen LogP contribution in [0.5, 0.6) is 0 Å². The smallest absolute Gasteiger partial charge is 0.171 e. The molecule has 0 N–H and O–H groups in total. The Morgan fingerprint density at radius 1 is 0.611 bits per heavy atom. The lowest BCUT2D eigenvalue weighted by molar-refractivity contribution is -0.223. The summed E-state index contributed by atoms with van der Waals surface area (Å²) in [4.78, 5) is 0. The molecule has 0 saturated heterocycles. The van der Waals surface area contributed by atoms with Crippen LogP contribution in [0.1, 0.15) is 136 Å². The number of hydrogen-bond acceptors (Lipinski definition) is 0. The fourth-order valence-corrected chi connectivity index (χ4v) is 12.5. The summed E-state index contributed by atoms with van der Waals surface area (Å²) in [6, 6.07) is 0. The molecule has 0 aliphatic heterocycles. The molecule has 0 aromatic heterocycles. The van der Waals surface area contributed by atoms with Crippen LogP contribution in [-0.2, 0) is 0 Å². The third kappa shape index (κ3) is 4.31. The molecule has 7 saturated carbocycles. The van der Waals surface area contributed by atoms with Gasteiger partial charge in [-0.3, -0.25) is 0 Å². The van der Waals surface area contributed by atoms with Crippen molar-refractivity contribution in [2.24, 2.45) is 63.6 Å².